The van der Waals surface area contributed by atoms with Crippen molar-refractivity contribution in [2.75, 3.05) is 0 Å². The minimum Gasteiger partial charge on any atom is -0.455 e. The number of benzene rings is 7. The molecule has 3 heterocycles. The van der Waals surface area contributed by atoms with Crippen molar-refractivity contribution in [3.05, 3.63) is 146 Å². The minimum absolute atomic E-state index is 0.716. The van der Waals surface area contributed by atoms with Crippen LogP contribution >= 0.6 is 11.3 Å². The van der Waals surface area contributed by atoms with E-state index < -0.39 is 0 Å². The van der Waals surface area contributed by atoms with E-state index >= 15 is 0 Å². The van der Waals surface area contributed by atoms with Crippen LogP contribution in [0.15, 0.2) is 150 Å². The van der Waals surface area contributed by atoms with Gasteiger partial charge in [0.05, 0.1) is 15.9 Å². The van der Waals surface area contributed by atoms with Crippen molar-refractivity contribution in [1.29, 1.82) is 0 Å². The monoisotopic (exact) mass is 604 g/mol. The third kappa shape index (κ3) is 3.84. The van der Waals surface area contributed by atoms with E-state index in [9.17, 15) is 0 Å². The van der Waals surface area contributed by atoms with E-state index in [1.165, 1.54) is 21.0 Å². The van der Waals surface area contributed by atoms with Crippen LogP contribution < -0.4 is 0 Å². The lowest BCUT2D eigenvalue weighted by Crippen LogP contribution is -1.94. The van der Waals surface area contributed by atoms with Gasteiger partial charge >= 0.3 is 0 Å². The van der Waals surface area contributed by atoms with E-state index in [1.54, 1.807) is 11.3 Å². The summed E-state index contributed by atoms with van der Waals surface area (Å²) in [5.41, 5.74) is 8.12. The molecule has 0 aliphatic carbocycles. The number of nitrogens with zero attached hydrogens (tertiary/aromatic N) is 2. The number of fused-ring (bicyclic) bond motifs is 9. The summed E-state index contributed by atoms with van der Waals surface area (Å²) in [6.07, 6.45) is 0. The lowest BCUT2D eigenvalue weighted by Gasteiger charge is -2.10. The highest BCUT2D eigenvalue weighted by Crippen LogP contribution is 2.43. The van der Waals surface area contributed by atoms with Gasteiger partial charge in [-0.25, -0.2) is 9.97 Å². The van der Waals surface area contributed by atoms with Crippen LogP contribution in [0.4, 0.5) is 0 Å². The highest BCUT2D eigenvalue weighted by Gasteiger charge is 2.20. The second-order valence-corrected chi connectivity index (χ2v) is 12.8. The zero-order valence-electron chi connectivity index (χ0n) is 24.6. The van der Waals surface area contributed by atoms with E-state index in [4.69, 9.17) is 14.4 Å². The van der Waals surface area contributed by atoms with Gasteiger partial charge in [0.25, 0.3) is 0 Å². The first-order valence-corrected chi connectivity index (χ1v) is 16.2. The Hall–Kier alpha value is -5.84. The number of aromatic nitrogens is 2. The topological polar surface area (TPSA) is 38.9 Å². The number of furan rings is 1. The van der Waals surface area contributed by atoms with Gasteiger partial charge in [-0.1, -0.05) is 115 Å². The van der Waals surface area contributed by atoms with Gasteiger partial charge in [-0.05, 0) is 57.6 Å². The third-order valence-electron chi connectivity index (χ3n) is 9.07. The summed E-state index contributed by atoms with van der Waals surface area (Å²) in [5.74, 6) is 0.716. The van der Waals surface area contributed by atoms with E-state index in [0.717, 1.165) is 70.7 Å². The number of hydrogen-bond donors (Lipinski definition) is 0. The molecule has 4 heteroatoms. The van der Waals surface area contributed by atoms with Crippen LogP contribution in [0.25, 0.3) is 97.6 Å². The standard InChI is InChI=1S/C42H24N2OS/c1-2-11-26(12-3-1)38-41-39(32-16-8-9-17-37(32)46-41)44-42(43-38)35-24-34-33-23-29(28-19-18-25-10-4-5-13-27(25)22-28)20-21-36(33)45-40(34)31-15-7-6-14-30(31)35/h1-24H. The molecule has 0 bridgehead atoms. The van der Waals surface area contributed by atoms with Gasteiger partial charge in [-0.3, -0.25) is 0 Å². The maximum atomic E-state index is 6.59. The second kappa shape index (κ2) is 9.83. The first-order chi connectivity index (χ1) is 22.8. The molecule has 7 aromatic carbocycles. The van der Waals surface area contributed by atoms with Crippen LogP contribution in [-0.4, -0.2) is 9.97 Å². The second-order valence-electron chi connectivity index (χ2n) is 11.8. The highest BCUT2D eigenvalue weighted by atomic mass is 32.1. The molecule has 3 aromatic heterocycles. The zero-order valence-corrected chi connectivity index (χ0v) is 25.4. The molecule has 0 saturated carbocycles. The van der Waals surface area contributed by atoms with Gasteiger partial charge in [0.15, 0.2) is 5.82 Å². The van der Waals surface area contributed by atoms with Gasteiger partial charge in [-0.15, -0.1) is 11.3 Å². The molecular weight excluding hydrogens is 581 g/mol. The molecule has 0 fully saturated rings. The summed E-state index contributed by atoms with van der Waals surface area (Å²) >= 11 is 1.76. The van der Waals surface area contributed by atoms with Crippen molar-refractivity contribution in [3.8, 4) is 33.8 Å². The molecule has 3 nitrogen and oxygen atoms in total. The largest absolute Gasteiger partial charge is 0.455 e. The Kier molecular flexibility index (Phi) is 5.45. The quantitative estimate of drug-likeness (QED) is 0.201. The summed E-state index contributed by atoms with van der Waals surface area (Å²) in [6.45, 7) is 0. The molecule has 0 atom stereocenters. The smallest absolute Gasteiger partial charge is 0.161 e. The first-order valence-electron chi connectivity index (χ1n) is 15.4. The molecule has 0 N–H and O–H groups in total. The SMILES string of the molecule is c1ccc(-c2nc(-c3cc4c5cc(-c6ccc7ccccc7c6)ccc5oc4c4ccccc34)nc3c2sc2ccccc23)cc1. The molecule has 10 aromatic rings. The van der Waals surface area contributed by atoms with E-state index in [-0.39, 0.29) is 0 Å². The normalized spacial score (nSPS) is 11.9. The van der Waals surface area contributed by atoms with Crippen LogP contribution in [0, 0.1) is 0 Å². The lowest BCUT2D eigenvalue weighted by atomic mass is 9.97. The Morgan fingerprint density at radius 2 is 1.20 bits per heavy atom. The number of hydrogen-bond acceptors (Lipinski definition) is 4. The van der Waals surface area contributed by atoms with Gasteiger partial charge in [-0.2, -0.15) is 0 Å². The highest BCUT2D eigenvalue weighted by molar-refractivity contribution is 7.26. The Morgan fingerprint density at radius 1 is 0.478 bits per heavy atom. The van der Waals surface area contributed by atoms with Crippen molar-refractivity contribution in [2.24, 2.45) is 0 Å². The van der Waals surface area contributed by atoms with Crippen molar-refractivity contribution in [1.82, 2.24) is 9.97 Å². The maximum Gasteiger partial charge on any atom is 0.161 e. The molecule has 10 rings (SSSR count). The molecule has 0 radical (unpaired) electrons. The molecular formula is C42H24N2OS. The minimum atomic E-state index is 0.716. The fourth-order valence-electron chi connectivity index (χ4n) is 6.83. The van der Waals surface area contributed by atoms with Crippen LogP contribution in [0.5, 0.6) is 0 Å². The average molecular weight is 605 g/mol. The first kappa shape index (κ1) is 25.5. The molecule has 46 heavy (non-hydrogen) atoms. The zero-order chi connectivity index (χ0) is 30.2. The Morgan fingerprint density at radius 3 is 2.09 bits per heavy atom. The fourth-order valence-corrected chi connectivity index (χ4v) is 7.99. The van der Waals surface area contributed by atoms with Gasteiger partial charge < -0.3 is 4.42 Å². The predicted molar refractivity (Wildman–Crippen MR) is 194 cm³/mol. The average Bonchev–Trinajstić information content (AvgIpc) is 3.69. The van der Waals surface area contributed by atoms with Crippen molar-refractivity contribution in [2.45, 2.75) is 0 Å². The molecule has 0 aliphatic rings. The van der Waals surface area contributed by atoms with Crippen LogP contribution in [-0.2, 0) is 0 Å². The van der Waals surface area contributed by atoms with Crippen LogP contribution in [0.3, 0.4) is 0 Å². The summed E-state index contributed by atoms with van der Waals surface area (Å²) in [4.78, 5) is 10.6. The number of thiophene rings is 1. The van der Waals surface area contributed by atoms with Crippen molar-refractivity contribution >= 4 is 75.1 Å². The van der Waals surface area contributed by atoms with E-state index in [1.807, 2.05) is 6.07 Å². The van der Waals surface area contributed by atoms with E-state index in [0.29, 0.717) is 5.82 Å². The van der Waals surface area contributed by atoms with Gasteiger partial charge in [0.1, 0.15) is 11.2 Å². The van der Waals surface area contributed by atoms with Crippen LogP contribution in [0.1, 0.15) is 0 Å². The molecule has 0 spiro atoms. The van der Waals surface area contributed by atoms with Crippen molar-refractivity contribution < 1.29 is 4.42 Å². The summed E-state index contributed by atoms with van der Waals surface area (Å²) in [6, 6.07) is 51.3. The Bertz CT molecular complexity index is 2810. The van der Waals surface area contributed by atoms with Crippen molar-refractivity contribution in [3.63, 3.8) is 0 Å². The molecule has 0 amide bonds. The Labute approximate surface area is 268 Å². The third-order valence-corrected chi connectivity index (χ3v) is 10.2. The van der Waals surface area contributed by atoms with Gasteiger partial charge in [0, 0.05) is 37.4 Å². The molecule has 214 valence electrons. The summed E-state index contributed by atoms with van der Waals surface area (Å²) in [7, 11) is 0. The maximum absolute atomic E-state index is 6.59. The lowest BCUT2D eigenvalue weighted by molar-refractivity contribution is 0.673. The Balaban J connectivity index is 1.26. The van der Waals surface area contributed by atoms with Gasteiger partial charge in [0.2, 0.25) is 0 Å². The van der Waals surface area contributed by atoms with Crippen LogP contribution in [0.2, 0.25) is 0 Å². The molecule has 0 unspecified atom stereocenters. The molecule has 0 aliphatic heterocycles. The fraction of sp³-hybridized carbons (Fsp3) is 0. The molecule has 0 saturated heterocycles. The predicted octanol–water partition coefficient (Wildman–Crippen LogP) is 12.1. The summed E-state index contributed by atoms with van der Waals surface area (Å²) in [5, 5.41) is 7.89. The van der Waals surface area contributed by atoms with E-state index in [2.05, 4.69) is 140 Å². The number of rotatable bonds is 3. The summed E-state index contributed by atoms with van der Waals surface area (Å²) < 4.78 is 8.91.